The van der Waals surface area contributed by atoms with Crippen molar-refractivity contribution in [1.82, 2.24) is 0 Å². The average Bonchev–Trinajstić information content (AvgIpc) is 2.27. The van der Waals surface area contributed by atoms with E-state index in [1.807, 2.05) is 42.5 Å². The zero-order valence-electron chi connectivity index (χ0n) is 9.40. The van der Waals surface area contributed by atoms with Gasteiger partial charge >= 0.3 is 0 Å². The van der Waals surface area contributed by atoms with E-state index in [4.69, 9.17) is 5.26 Å². The molecule has 2 heteroatoms. The van der Waals surface area contributed by atoms with Crippen molar-refractivity contribution < 1.29 is 4.79 Å². The molecular formula is C14H13NO. The highest BCUT2D eigenvalue weighted by Crippen LogP contribution is 2.16. The zero-order valence-corrected chi connectivity index (χ0v) is 9.40. The zero-order chi connectivity index (χ0) is 12.0. The molecule has 0 aliphatic rings. The van der Waals surface area contributed by atoms with Gasteiger partial charge in [0, 0.05) is 0 Å². The van der Waals surface area contributed by atoms with Gasteiger partial charge in [0.2, 0.25) is 0 Å². The van der Waals surface area contributed by atoms with Crippen molar-refractivity contribution in [2.45, 2.75) is 13.8 Å². The number of rotatable bonds is 0. The summed E-state index contributed by atoms with van der Waals surface area (Å²) >= 11 is 0. The van der Waals surface area contributed by atoms with Gasteiger partial charge in [-0.25, -0.2) is 0 Å². The Morgan fingerprint density at radius 2 is 1.62 bits per heavy atom. The highest BCUT2D eigenvalue weighted by molar-refractivity contribution is 5.87. The normalized spacial score (nSPS) is 8.81. The summed E-state index contributed by atoms with van der Waals surface area (Å²) in [6.07, 6.45) is 0. The van der Waals surface area contributed by atoms with Gasteiger partial charge in [0.1, 0.15) is 5.78 Å². The molecule has 0 unspecified atom stereocenters. The number of carbonyl (C=O) groups is 1. The van der Waals surface area contributed by atoms with Crippen LogP contribution in [0.4, 0.5) is 0 Å². The van der Waals surface area contributed by atoms with Crippen LogP contribution in [-0.2, 0) is 4.79 Å². The van der Waals surface area contributed by atoms with Crippen molar-refractivity contribution in [2.24, 2.45) is 0 Å². The lowest BCUT2D eigenvalue weighted by Gasteiger charge is -1.97. The van der Waals surface area contributed by atoms with E-state index in [2.05, 4.69) is 6.07 Å². The summed E-state index contributed by atoms with van der Waals surface area (Å²) in [5.74, 6) is 0.167. The van der Waals surface area contributed by atoms with Gasteiger partial charge in [-0.2, -0.15) is 5.26 Å². The number of nitriles is 1. The summed E-state index contributed by atoms with van der Waals surface area (Å²) in [5, 5.41) is 10.9. The molecule has 0 amide bonds. The first-order chi connectivity index (χ1) is 7.65. The van der Waals surface area contributed by atoms with Gasteiger partial charge in [-0.3, -0.25) is 0 Å². The quantitative estimate of drug-likeness (QED) is 0.670. The highest BCUT2D eigenvalue weighted by Gasteiger charge is 1.96. The molecule has 2 rings (SSSR count). The molecule has 0 bridgehead atoms. The number of nitrogens with zero attached hydrogens (tertiary/aromatic N) is 1. The highest BCUT2D eigenvalue weighted by atomic mass is 16.1. The third-order valence-electron chi connectivity index (χ3n) is 1.91. The SMILES string of the molecule is CC(C)=O.N#Cc1cccc2ccccc12. The molecule has 0 N–H and O–H groups in total. The molecule has 0 heterocycles. The minimum absolute atomic E-state index is 0.167. The van der Waals surface area contributed by atoms with Crippen molar-refractivity contribution >= 4 is 16.6 Å². The summed E-state index contributed by atoms with van der Waals surface area (Å²) in [6, 6.07) is 15.8. The van der Waals surface area contributed by atoms with Gasteiger partial charge < -0.3 is 4.79 Å². The molecule has 0 spiro atoms. The van der Waals surface area contributed by atoms with E-state index >= 15 is 0 Å². The Hall–Kier alpha value is -2.14. The number of fused-ring (bicyclic) bond motifs is 1. The minimum Gasteiger partial charge on any atom is -0.300 e. The first kappa shape index (κ1) is 11.9. The predicted molar refractivity (Wildman–Crippen MR) is 65.0 cm³/mol. The molecule has 0 saturated carbocycles. The number of hydrogen-bond donors (Lipinski definition) is 0. The molecule has 0 aliphatic heterocycles. The van der Waals surface area contributed by atoms with Gasteiger partial charge in [0.05, 0.1) is 11.6 Å². The Bertz CT molecular complexity index is 528. The fraction of sp³-hybridized carbons (Fsp3) is 0.143. The van der Waals surface area contributed by atoms with Gasteiger partial charge in [-0.05, 0) is 30.7 Å². The first-order valence-corrected chi connectivity index (χ1v) is 5.00. The second-order valence-corrected chi connectivity index (χ2v) is 3.55. The smallest absolute Gasteiger partial charge is 0.126 e. The number of hydrogen-bond acceptors (Lipinski definition) is 2. The monoisotopic (exact) mass is 211 g/mol. The topological polar surface area (TPSA) is 40.9 Å². The number of carbonyl (C=O) groups excluding carboxylic acids is 1. The van der Waals surface area contributed by atoms with Crippen LogP contribution in [0.3, 0.4) is 0 Å². The summed E-state index contributed by atoms with van der Waals surface area (Å²) < 4.78 is 0. The summed E-state index contributed by atoms with van der Waals surface area (Å²) in [6.45, 7) is 3.06. The second kappa shape index (κ2) is 5.67. The maximum atomic E-state index is 9.44. The van der Waals surface area contributed by atoms with Gasteiger partial charge in [0.15, 0.2) is 0 Å². The van der Waals surface area contributed by atoms with Crippen LogP contribution in [0.2, 0.25) is 0 Å². The van der Waals surface area contributed by atoms with Crippen LogP contribution in [0.25, 0.3) is 10.8 Å². The number of ketones is 1. The molecule has 0 saturated heterocycles. The molecule has 2 aromatic carbocycles. The molecule has 0 fully saturated rings. The largest absolute Gasteiger partial charge is 0.300 e. The second-order valence-electron chi connectivity index (χ2n) is 3.55. The standard InChI is InChI=1S/C11H7N.C3H6O/c12-8-10-6-3-5-9-4-1-2-7-11(9)10;1-3(2)4/h1-7H;1-2H3. The third-order valence-corrected chi connectivity index (χ3v) is 1.91. The van der Waals surface area contributed by atoms with Gasteiger partial charge in [0.25, 0.3) is 0 Å². The van der Waals surface area contributed by atoms with Crippen LogP contribution in [0, 0.1) is 11.3 Å². The lowest BCUT2D eigenvalue weighted by Crippen LogP contribution is -1.77. The van der Waals surface area contributed by atoms with E-state index in [0.717, 1.165) is 16.3 Å². The summed E-state index contributed by atoms with van der Waals surface area (Å²) in [7, 11) is 0. The van der Waals surface area contributed by atoms with Crippen LogP contribution >= 0.6 is 0 Å². The lowest BCUT2D eigenvalue weighted by atomic mass is 10.1. The fourth-order valence-electron chi connectivity index (χ4n) is 1.32. The molecule has 80 valence electrons. The molecule has 16 heavy (non-hydrogen) atoms. The van der Waals surface area contributed by atoms with Crippen molar-refractivity contribution in [3.8, 4) is 6.07 Å². The predicted octanol–water partition coefficient (Wildman–Crippen LogP) is 3.31. The van der Waals surface area contributed by atoms with Crippen molar-refractivity contribution in [3.63, 3.8) is 0 Å². The Morgan fingerprint density at radius 3 is 2.25 bits per heavy atom. The van der Waals surface area contributed by atoms with E-state index < -0.39 is 0 Å². The molecule has 0 atom stereocenters. The Kier molecular flexibility index (Phi) is 4.23. The van der Waals surface area contributed by atoms with E-state index in [-0.39, 0.29) is 5.78 Å². The third kappa shape index (κ3) is 3.21. The molecule has 0 aromatic heterocycles. The maximum Gasteiger partial charge on any atom is 0.126 e. The van der Waals surface area contributed by atoms with E-state index in [1.165, 1.54) is 13.8 Å². The molecule has 2 aromatic rings. The Morgan fingerprint density at radius 1 is 1.06 bits per heavy atom. The Labute approximate surface area is 95.1 Å². The van der Waals surface area contributed by atoms with Crippen LogP contribution in [0.5, 0.6) is 0 Å². The summed E-state index contributed by atoms with van der Waals surface area (Å²) in [4.78, 5) is 9.44. The first-order valence-electron chi connectivity index (χ1n) is 5.00. The Balaban J connectivity index is 0.000000280. The van der Waals surface area contributed by atoms with Crippen LogP contribution in [-0.4, -0.2) is 5.78 Å². The van der Waals surface area contributed by atoms with E-state index in [1.54, 1.807) is 0 Å². The van der Waals surface area contributed by atoms with Crippen LogP contribution < -0.4 is 0 Å². The van der Waals surface area contributed by atoms with Crippen LogP contribution in [0.1, 0.15) is 19.4 Å². The maximum absolute atomic E-state index is 9.44. The van der Waals surface area contributed by atoms with Gasteiger partial charge in [-0.1, -0.05) is 36.4 Å². The van der Waals surface area contributed by atoms with E-state index in [9.17, 15) is 4.79 Å². The molecule has 2 nitrogen and oxygen atoms in total. The lowest BCUT2D eigenvalue weighted by molar-refractivity contribution is -0.114. The molecule has 0 radical (unpaired) electrons. The van der Waals surface area contributed by atoms with Crippen molar-refractivity contribution in [1.29, 1.82) is 5.26 Å². The molecular weight excluding hydrogens is 198 g/mol. The van der Waals surface area contributed by atoms with Crippen LogP contribution in [0.15, 0.2) is 42.5 Å². The van der Waals surface area contributed by atoms with Crippen molar-refractivity contribution in [2.75, 3.05) is 0 Å². The fourth-order valence-corrected chi connectivity index (χ4v) is 1.32. The number of Topliss-reactive ketones (excluding diaryl/α,β-unsaturated/α-hetero) is 1. The number of benzene rings is 2. The van der Waals surface area contributed by atoms with Crippen molar-refractivity contribution in [3.05, 3.63) is 48.0 Å². The van der Waals surface area contributed by atoms with E-state index in [0.29, 0.717) is 0 Å². The van der Waals surface area contributed by atoms with Gasteiger partial charge in [-0.15, -0.1) is 0 Å². The molecule has 0 aliphatic carbocycles. The average molecular weight is 211 g/mol. The summed E-state index contributed by atoms with van der Waals surface area (Å²) in [5.41, 5.74) is 0.744. The minimum atomic E-state index is 0.167.